The van der Waals surface area contributed by atoms with Gasteiger partial charge in [0.15, 0.2) is 0 Å². The van der Waals surface area contributed by atoms with Crippen LogP contribution in [0.5, 0.6) is 0 Å². The van der Waals surface area contributed by atoms with E-state index in [-0.39, 0.29) is 0 Å². The van der Waals surface area contributed by atoms with Gasteiger partial charge in [0.05, 0.1) is 11.3 Å². The van der Waals surface area contributed by atoms with E-state index in [1.807, 2.05) is 12.3 Å². The van der Waals surface area contributed by atoms with Crippen LogP contribution in [0, 0.1) is 0 Å². The number of carbonyl (C=O) groups is 1. The number of aromatic nitrogens is 2. The number of piperazine rings is 1. The van der Waals surface area contributed by atoms with Crippen LogP contribution in [0.15, 0.2) is 18.5 Å². The predicted molar refractivity (Wildman–Crippen MR) is 69.7 cm³/mol. The first-order valence-corrected chi connectivity index (χ1v) is 5.99. The van der Waals surface area contributed by atoms with E-state index in [4.69, 9.17) is 5.73 Å². The van der Waals surface area contributed by atoms with E-state index in [1.165, 1.54) is 0 Å². The zero-order valence-electron chi connectivity index (χ0n) is 9.94. The Morgan fingerprint density at radius 2 is 2.17 bits per heavy atom. The second-order valence-corrected chi connectivity index (χ2v) is 4.36. The summed E-state index contributed by atoms with van der Waals surface area (Å²) in [6.07, 6.45) is 3.38. The second kappa shape index (κ2) is 4.30. The molecule has 0 radical (unpaired) electrons. The number of nitrogens with two attached hydrogens (primary N) is 1. The molecular formula is C12H15N5O. The van der Waals surface area contributed by atoms with Crippen molar-refractivity contribution >= 4 is 22.6 Å². The first kappa shape index (κ1) is 11.0. The minimum atomic E-state index is -0.431. The summed E-state index contributed by atoms with van der Waals surface area (Å²) >= 11 is 0. The van der Waals surface area contributed by atoms with Crippen LogP contribution in [-0.2, 0) is 0 Å². The molecule has 1 fully saturated rings. The molecule has 3 rings (SSSR count). The maximum Gasteiger partial charge on any atom is 0.252 e. The van der Waals surface area contributed by atoms with Crippen molar-refractivity contribution in [2.75, 3.05) is 31.1 Å². The summed E-state index contributed by atoms with van der Waals surface area (Å²) in [7, 11) is 0. The summed E-state index contributed by atoms with van der Waals surface area (Å²) in [5.41, 5.74) is 7.62. The van der Waals surface area contributed by atoms with Crippen molar-refractivity contribution < 1.29 is 4.79 Å². The van der Waals surface area contributed by atoms with Gasteiger partial charge in [-0.25, -0.2) is 4.98 Å². The number of hydrogen-bond acceptors (Lipinski definition) is 4. The number of hydrogen-bond donors (Lipinski definition) is 3. The molecule has 0 atom stereocenters. The second-order valence-electron chi connectivity index (χ2n) is 4.36. The fourth-order valence-corrected chi connectivity index (χ4v) is 2.40. The van der Waals surface area contributed by atoms with Gasteiger partial charge >= 0.3 is 0 Å². The molecule has 1 aliphatic heterocycles. The third-order valence-corrected chi connectivity index (χ3v) is 3.26. The molecule has 0 unspecified atom stereocenters. The van der Waals surface area contributed by atoms with Crippen LogP contribution >= 0.6 is 0 Å². The summed E-state index contributed by atoms with van der Waals surface area (Å²) in [5, 5.41) is 4.25. The third-order valence-electron chi connectivity index (χ3n) is 3.26. The third kappa shape index (κ3) is 1.70. The van der Waals surface area contributed by atoms with Crippen molar-refractivity contribution in [3.8, 4) is 0 Å². The minimum Gasteiger partial charge on any atom is -0.368 e. The first-order valence-electron chi connectivity index (χ1n) is 5.99. The Balaban J connectivity index is 2.18. The molecule has 0 saturated carbocycles. The zero-order chi connectivity index (χ0) is 12.5. The Morgan fingerprint density at radius 1 is 1.39 bits per heavy atom. The number of rotatable bonds is 2. The molecular weight excluding hydrogens is 230 g/mol. The zero-order valence-corrected chi connectivity index (χ0v) is 9.94. The molecule has 2 aromatic rings. The van der Waals surface area contributed by atoms with Crippen molar-refractivity contribution in [1.82, 2.24) is 15.3 Å². The molecule has 6 heteroatoms. The molecule has 1 aliphatic rings. The van der Waals surface area contributed by atoms with Crippen LogP contribution in [0.4, 0.5) is 5.69 Å². The van der Waals surface area contributed by atoms with E-state index >= 15 is 0 Å². The summed E-state index contributed by atoms with van der Waals surface area (Å²) < 4.78 is 0. The number of anilines is 1. The van der Waals surface area contributed by atoms with Crippen molar-refractivity contribution in [2.24, 2.45) is 5.73 Å². The van der Waals surface area contributed by atoms with Crippen LogP contribution < -0.4 is 16.0 Å². The maximum absolute atomic E-state index is 11.6. The van der Waals surface area contributed by atoms with E-state index in [1.54, 1.807) is 6.20 Å². The Morgan fingerprint density at radius 3 is 2.89 bits per heavy atom. The highest BCUT2D eigenvalue weighted by Crippen LogP contribution is 2.29. The number of amides is 1. The normalized spacial score (nSPS) is 16.1. The van der Waals surface area contributed by atoms with Crippen molar-refractivity contribution in [3.05, 3.63) is 24.0 Å². The maximum atomic E-state index is 11.6. The summed E-state index contributed by atoms with van der Waals surface area (Å²) in [5.74, 6) is -0.431. The molecule has 0 bridgehead atoms. The quantitative estimate of drug-likeness (QED) is 0.699. The molecule has 0 spiro atoms. The van der Waals surface area contributed by atoms with Gasteiger partial charge < -0.3 is 20.9 Å². The molecule has 4 N–H and O–H groups in total. The number of pyridine rings is 1. The molecule has 0 aromatic carbocycles. The molecule has 3 heterocycles. The topological polar surface area (TPSA) is 87.0 Å². The van der Waals surface area contributed by atoms with Crippen LogP contribution in [0.3, 0.4) is 0 Å². The van der Waals surface area contributed by atoms with Gasteiger partial charge in [-0.05, 0) is 6.07 Å². The molecule has 2 aromatic heterocycles. The van der Waals surface area contributed by atoms with Gasteiger partial charge in [0.1, 0.15) is 5.65 Å². The van der Waals surface area contributed by atoms with E-state index in [0.29, 0.717) is 5.56 Å². The summed E-state index contributed by atoms with van der Waals surface area (Å²) in [4.78, 5) is 21.0. The highest BCUT2D eigenvalue weighted by molar-refractivity contribution is 6.06. The lowest BCUT2D eigenvalue weighted by atomic mass is 10.1. The smallest absolute Gasteiger partial charge is 0.252 e. The largest absolute Gasteiger partial charge is 0.368 e. The number of nitrogens with one attached hydrogen (secondary N) is 2. The van der Waals surface area contributed by atoms with Crippen LogP contribution in [0.2, 0.25) is 0 Å². The number of nitrogens with zero attached hydrogens (tertiary/aromatic N) is 2. The van der Waals surface area contributed by atoms with Gasteiger partial charge in [-0.3, -0.25) is 4.79 Å². The molecule has 18 heavy (non-hydrogen) atoms. The monoisotopic (exact) mass is 245 g/mol. The Hall–Kier alpha value is -2.08. The highest BCUT2D eigenvalue weighted by atomic mass is 16.1. The lowest BCUT2D eigenvalue weighted by Gasteiger charge is -2.31. The Bertz CT molecular complexity index is 585. The van der Waals surface area contributed by atoms with Crippen molar-refractivity contribution in [3.63, 3.8) is 0 Å². The van der Waals surface area contributed by atoms with Crippen LogP contribution in [-0.4, -0.2) is 42.1 Å². The van der Waals surface area contributed by atoms with Crippen molar-refractivity contribution in [2.45, 2.75) is 0 Å². The highest BCUT2D eigenvalue weighted by Gasteiger charge is 2.20. The molecule has 0 aliphatic carbocycles. The van der Waals surface area contributed by atoms with Gasteiger partial charge in [0.25, 0.3) is 5.91 Å². The standard InChI is InChI=1S/C12H15N5O/c13-11(18)9-7-16-12-8(1-2-15-12)10(9)17-5-3-14-4-6-17/h1-2,7,14H,3-6H2,(H2,13,18)(H,15,16). The SMILES string of the molecule is NC(=O)c1cnc2[nH]ccc2c1N1CCNCC1. The van der Waals surface area contributed by atoms with Gasteiger partial charge in [-0.15, -0.1) is 0 Å². The average Bonchev–Trinajstić information content (AvgIpc) is 2.86. The predicted octanol–water partition coefficient (Wildman–Crippen LogP) is 0.0714. The van der Waals surface area contributed by atoms with Crippen LogP contribution in [0.25, 0.3) is 11.0 Å². The minimum absolute atomic E-state index is 0.431. The van der Waals surface area contributed by atoms with Gasteiger partial charge in [-0.2, -0.15) is 0 Å². The summed E-state index contributed by atoms with van der Waals surface area (Å²) in [6.45, 7) is 3.55. The lowest BCUT2D eigenvalue weighted by Crippen LogP contribution is -2.44. The molecule has 1 amide bonds. The number of primary amides is 1. The summed E-state index contributed by atoms with van der Waals surface area (Å²) in [6, 6.07) is 1.94. The molecule has 1 saturated heterocycles. The first-order chi connectivity index (χ1) is 8.77. The molecule has 6 nitrogen and oxygen atoms in total. The molecule has 94 valence electrons. The average molecular weight is 245 g/mol. The van der Waals surface area contributed by atoms with E-state index in [0.717, 1.165) is 42.9 Å². The van der Waals surface area contributed by atoms with E-state index in [9.17, 15) is 4.79 Å². The fourth-order valence-electron chi connectivity index (χ4n) is 2.40. The van der Waals surface area contributed by atoms with Gasteiger partial charge in [0, 0.05) is 44.0 Å². The van der Waals surface area contributed by atoms with E-state index < -0.39 is 5.91 Å². The number of H-pyrrole nitrogens is 1. The number of aromatic amines is 1. The Kier molecular flexibility index (Phi) is 2.64. The number of fused-ring (bicyclic) bond motifs is 1. The Labute approximate surface area is 104 Å². The van der Waals surface area contributed by atoms with E-state index in [2.05, 4.69) is 20.2 Å². The van der Waals surface area contributed by atoms with Gasteiger partial charge in [0.2, 0.25) is 0 Å². The van der Waals surface area contributed by atoms with Crippen molar-refractivity contribution in [1.29, 1.82) is 0 Å². The van der Waals surface area contributed by atoms with Crippen LogP contribution in [0.1, 0.15) is 10.4 Å². The van der Waals surface area contributed by atoms with Gasteiger partial charge in [-0.1, -0.05) is 0 Å². The lowest BCUT2D eigenvalue weighted by molar-refractivity contribution is 0.100. The fraction of sp³-hybridized carbons (Fsp3) is 0.333. The number of carbonyl (C=O) groups excluding carboxylic acids is 1.